The highest BCUT2D eigenvalue weighted by Crippen LogP contribution is 2.20. The maximum absolute atomic E-state index is 12.3. The molecule has 2 aromatic carbocycles. The highest BCUT2D eigenvalue weighted by atomic mass is 32.2. The van der Waals surface area contributed by atoms with Crippen molar-refractivity contribution in [2.75, 3.05) is 18.2 Å². The second kappa shape index (κ2) is 9.74. The van der Waals surface area contributed by atoms with Crippen LogP contribution in [0, 0.1) is 0 Å². The number of thioether (sulfide) groups is 1. The van der Waals surface area contributed by atoms with Gasteiger partial charge in [-0.15, -0.1) is 0 Å². The van der Waals surface area contributed by atoms with Crippen LogP contribution >= 0.6 is 11.8 Å². The van der Waals surface area contributed by atoms with Gasteiger partial charge >= 0.3 is 5.97 Å². The Morgan fingerprint density at radius 3 is 2.72 bits per heavy atom. The van der Waals surface area contributed by atoms with Crippen molar-refractivity contribution in [3.8, 4) is 5.75 Å². The van der Waals surface area contributed by atoms with Crippen molar-refractivity contribution in [1.29, 1.82) is 0 Å². The van der Waals surface area contributed by atoms with Gasteiger partial charge in [0.1, 0.15) is 5.75 Å². The van der Waals surface area contributed by atoms with Gasteiger partial charge in [0.05, 0.1) is 20.0 Å². The molecule has 0 unspecified atom stereocenters. The van der Waals surface area contributed by atoms with E-state index in [4.69, 9.17) is 9.84 Å². The van der Waals surface area contributed by atoms with E-state index in [1.807, 2.05) is 48.5 Å². The zero-order chi connectivity index (χ0) is 18.1. The summed E-state index contributed by atoms with van der Waals surface area (Å²) >= 11 is 1.56. The second-order valence-electron chi connectivity index (χ2n) is 5.43. The number of hydrogen-bond donors (Lipinski definition) is 2. The predicted molar refractivity (Wildman–Crippen MR) is 100 cm³/mol. The number of anilines is 1. The second-order valence-corrected chi connectivity index (χ2v) is 6.54. The Hall–Kier alpha value is -2.47. The van der Waals surface area contributed by atoms with Crippen LogP contribution in [0.5, 0.6) is 5.75 Å². The van der Waals surface area contributed by atoms with E-state index in [9.17, 15) is 9.59 Å². The zero-order valence-electron chi connectivity index (χ0n) is 14.0. The molecule has 0 fully saturated rings. The van der Waals surface area contributed by atoms with Gasteiger partial charge in [-0.25, -0.2) is 0 Å². The topological polar surface area (TPSA) is 75.6 Å². The largest absolute Gasteiger partial charge is 0.496 e. The standard InChI is InChI=1S/C19H21NO4S/c1-24-17-8-3-2-6-15(17)12-18(21)20-16-7-4-5-14(11-16)13-25-10-9-19(22)23/h2-8,11H,9-10,12-13H2,1H3,(H,20,21)(H,22,23). The van der Waals surface area contributed by atoms with Crippen molar-refractivity contribution in [2.45, 2.75) is 18.6 Å². The molecule has 0 aliphatic heterocycles. The molecule has 25 heavy (non-hydrogen) atoms. The predicted octanol–water partition coefficient (Wildman–Crippen LogP) is 3.58. The quantitative estimate of drug-likeness (QED) is 0.669. The third kappa shape index (κ3) is 6.51. The number of nitrogens with one attached hydrogen (secondary N) is 1. The number of amides is 1. The molecule has 132 valence electrons. The SMILES string of the molecule is COc1ccccc1CC(=O)Nc1cccc(CSCCC(=O)O)c1. The number of aliphatic carboxylic acids is 1. The van der Waals surface area contributed by atoms with Gasteiger partial charge < -0.3 is 15.2 Å². The summed E-state index contributed by atoms with van der Waals surface area (Å²) in [6.07, 6.45) is 0.390. The molecule has 2 rings (SSSR count). The minimum Gasteiger partial charge on any atom is -0.496 e. The number of rotatable bonds is 9. The van der Waals surface area contributed by atoms with Gasteiger partial charge in [0, 0.05) is 22.8 Å². The van der Waals surface area contributed by atoms with E-state index in [-0.39, 0.29) is 18.7 Å². The summed E-state index contributed by atoms with van der Waals surface area (Å²) in [7, 11) is 1.59. The Balaban J connectivity index is 1.90. The van der Waals surface area contributed by atoms with Crippen LogP contribution in [0.25, 0.3) is 0 Å². The summed E-state index contributed by atoms with van der Waals surface area (Å²) in [5, 5.41) is 11.5. The maximum Gasteiger partial charge on any atom is 0.304 e. The van der Waals surface area contributed by atoms with Crippen LogP contribution < -0.4 is 10.1 Å². The summed E-state index contributed by atoms with van der Waals surface area (Å²) < 4.78 is 5.26. The van der Waals surface area contributed by atoms with Crippen molar-refractivity contribution < 1.29 is 19.4 Å². The van der Waals surface area contributed by atoms with E-state index in [1.54, 1.807) is 18.9 Å². The van der Waals surface area contributed by atoms with E-state index >= 15 is 0 Å². The van der Waals surface area contributed by atoms with E-state index in [0.717, 1.165) is 16.8 Å². The van der Waals surface area contributed by atoms with Crippen LogP contribution in [-0.4, -0.2) is 29.8 Å². The summed E-state index contributed by atoms with van der Waals surface area (Å²) in [5.41, 5.74) is 2.62. The highest BCUT2D eigenvalue weighted by Gasteiger charge is 2.09. The molecule has 5 nitrogen and oxygen atoms in total. The van der Waals surface area contributed by atoms with E-state index in [2.05, 4.69) is 5.32 Å². The Kier molecular flexibility index (Phi) is 7.35. The Morgan fingerprint density at radius 1 is 1.16 bits per heavy atom. The van der Waals surface area contributed by atoms with Gasteiger partial charge in [0.25, 0.3) is 0 Å². The van der Waals surface area contributed by atoms with Crippen molar-refractivity contribution >= 4 is 29.3 Å². The van der Waals surface area contributed by atoms with Crippen LogP contribution in [0.3, 0.4) is 0 Å². The lowest BCUT2D eigenvalue weighted by Gasteiger charge is -2.10. The summed E-state index contributed by atoms with van der Waals surface area (Å²) in [6.45, 7) is 0. The monoisotopic (exact) mass is 359 g/mol. The third-order valence-electron chi connectivity index (χ3n) is 3.48. The van der Waals surface area contributed by atoms with Crippen LogP contribution in [0.15, 0.2) is 48.5 Å². The number of carbonyl (C=O) groups is 2. The minimum absolute atomic E-state index is 0.111. The number of carboxylic acids is 1. The van der Waals surface area contributed by atoms with Crippen LogP contribution in [0.1, 0.15) is 17.5 Å². The van der Waals surface area contributed by atoms with Gasteiger partial charge in [-0.2, -0.15) is 11.8 Å². The first kappa shape index (κ1) is 18.9. The zero-order valence-corrected chi connectivity index (χ0v) is 14.8. The Labute approximate surface area is 151 Å². The first-order valence-electron chi connectivity index (χ1n) is 7.88. The number of para-hydroxylation sites is 1. The maximum atomic E-state index is 12.3. The summed E-state index contributed by atoms with van der Waals surface area (Å²) in [4.78, 5) is 22.8. The average Bonchev–Trinajstić information content (AvgIpc) is 2.59. The molecule has 0 saturated carbocycles. The van der Waals surface area contributed by atoms with Crippen LogP contribution in [-0.2, 0) is 21.8 Å². The van der Waals surface area contributed by atoms with Crippen LogP contribution in [0.2, 0.25) is 0 Å². The molecule has 0 radical (unpaired) electrons. The number of ether oxygens (including phenoxy) is 1. The number of hydrogen-bond acceptors (Lipinski definition) is 4. The van der Waals surface area contributed by atoms with E-state index < -0.39 is 5.97 Å². The van der Waals surface area contributed by atoms with Crippen LogP contribution in [0.4, 0.5) is 5.69 Å². The average molecular weight is 359 g/mol. The number of carbonyl (C=O) groups excluding carboxylic acids is 1. The molecular formula is C19H21NO4S. The Morgan fingerprint density at radius 2 is 1.96 bits per heavy atom. The van der Waals surface area contributed by atoms with E-state index in [1.165, 1.54) is 0 Å². The first-order valence-corrected chi connectivity index (χ1v) is 9.04. The molecule has 6 heteroatoms. The first-order chi connectivity index (χ1) is 12.1. The molecule has 0 aliphatic rings. The molecule has 2 N–H and O–H groups in total. The Bertz CT molecular complexity index is 733. The van der Waals surface area contributed by atoms with Gasteiger partial charge in [-0.3, -0.25) is 9.59 Å². The fourth-order valence-electron chi connectivity index (χ4n) is 2.32. The lowest BCUT2D eigenvalue weighted by Crippen LogP contribution is -2.15. The fourth-order valence-corrected chi connectivity index (χ4v) is 3.19. The molecule has 0 heterocycles. The number of methoxy groups -OCH3 is 1. The van der Waals surface area contributed by atoms with Crippen molar-refractivity contribution in [2.24, 2.45) is 0 Å². The van der Waals surface area contributed by atoms with Gasteiger partial charge in [-0.1, -0.05) is 30.3 Å². The lowest BCUT2D eigenvalue weighted by molar-refractivity contribution is -0.136. The molecule has 0 aromatic heterocycles. The van der Waals surface area contributed by atoms with Gasteiger partial charge in [0.2, 0.25) is 5.91 Å². The molecular weight excluding hydrogens is 338 g/mol. The third-order valence-corrected chi connectivity index (χ3v) is 4.51. The number of carboxylic acid groups (broad SMARTS) is 1. The van der Waals surface area contributed by atoms with Gasteiger partial charge in [-0.05, 0) is 23.8 Å². The molecule has 0 aliphatic carbocycles. The van der Waals surface area contributed by atoms with E-state index in [0.29, 0.717) is 17.3 Å². The molecule has 0 bridgehead atoms. The fraction of sp³-hybridized carbons (Fsp3) is 0.263. The van der Waals surface area contributed by atoms with Crippen molar-refractivity contribution in [3.63, 3.8) is 0 Å². The highest BCUT2D eigenvalue weighted by molar-refractivity contribution is 7.98. The van der Waals surface area contributed by atoms with Crippen molar-refractivity contribution in [3.05, 3.63) is 59.7 Å². The minimum atomic E-state index is -0.787. The summed E-state index contributed by atoms with van der Waals surface area (Å²) in [5.74, 6) is 1.08. The normalized spacial score (nSPS) is 10.3. The van der Waals surface area contributed by atoms with Crippen molar-refractivity contribution in [1.82, 2.24) is 0 Å². The molecule has 0 atom stereocenters. The smallest absolute Gasteiger partial charge is 0.304 e. The van der Waals surface area contributed by atoms with Gasteiger partial charge in [0.15, 0.2) is 0 Å². The molecule has 0 saturated heterocycles. The molecule has 1 amide bonds. The summed E-state index contributed by atoms with van der Waals surface area (Å²) in [6, 6.07) is 15.0. The number of benzene rings is 2. The molecule has 0 spiro atoms. The molecule has 2 aromatic rings. The lowest BCUT2D eigenvalue weighted by atomic mass is 10.1.